The molecule has 0 saturated heterocycles. The summed E-state index contributed by atoms with van der Waals surface area (Å²) >= 11 is 8.97. The summed E-state index contributed by atoms with van der Waals surface area (Å²) in [6, 6.07) is 8.08. The Hall–Kier alpha value is -2.39. The summed E-state index contributed by atoms with van der Waals surface area (Å²) in [5.74, 6) is 1.06. The fourth-order valence-corrected chi connectivity index (χ4v) is 5.07. The molecule has 3 aromatic rings. The first-order chi connectivity index (χ1) is 17.7. The van der Waals surface area contributed by atoms with Crippen molar-refractivity contribution in [1.82, 2.24) is 14.9 Å². The van der Waals surface area contributed by atoms with Gasteiger partial charge in [0.25, 0.3) is 0 Å². The molecular formula is C29H36ClIN4O2. The smallest absolute Gasteiger partial charge is 0.225 e. The van der Waals surface area contributed by atoms with E-state index in [9.17, 15) is 4.79 Å². The molecule has 0 radical (unpaired) electrons. The Labute approximate surface area is 239 Å². The second-order valence-electron chi connectivity index (χ2n) is 9.82. The number of pyridine rings is 2. The van der Waals surface area contributed by atoms with Crippen LogP contribution in [0.25, 0.3) is 10.9 Å². The Morgan fingerprint density at radius 1 is 1.22 bits per heavy atom. The molecule has 0 atom stereocenters. The normalized spacial score (nSPS) is 11.6. The van der Waals surface area contributed by atoms with Crippen molar-refractivity contribution < 1.29 is 9.53 Å². The number of fused-ring (bicyclic) bond motifs is 1. The maximum atomic E-state index is 12.9. The Morgan fingerprint density at radius 2 is 1.97 bits per heavy atom. The summed E-state index contributed by atoms with van der Waals surface area (Å²) in [6.07, 6.45) is 7.50. The highest BCUT2D eigenvalue weighted by atomic mass is 127. The molecule has 0 N–H and O–H groups in total. The van der Waals surface area contributed by atoms with Gasteiger partial charge in [0.2, 0.25) is 5.91 Å². The van der Waals surface area contributed by atoms with Crippen molar-refractivity contribution in [3.05, 3.63) is 70.8 Å². The monoisotopic (exact) mass is 634 g/mol. The van der Waals surface area contributed by atoms with E-state index in [4.69, 9.17) is 21.3 Å². The zero-order chi connectivity index (χ0) is 27.1. The van der Waals surface area contributed by atoms with Crippen molar-refractivity contribution in [2.45, 2.75) is 54.7 Å². The van der Waals surface area contributed by atoms with Gasteiger partial charge >= 0.3 is 0 Å². The number of alkyl halides is 1. The quantitative estimate of drug-likeness (QED) is 0.124. The van der Waals surface area contributed by atoms with E-state index in [1.54, 1.807) is 12.4 Å². The van der Waals surface area contributed by atoms with Crippen molar-refractivity contribution >= 4 is 56.7 Å². The number of carbonyl (C=O) groups is 1. The highest BCUT2D eigenvalue weighted by Gasteiger charge is 2.21. The van der Waals surface area contributed by atoms with Gasteiger partial charge in [-0.05, 0) is 37.5 Å². The molecule has 0 fully saturated rings. The third-order valence-electron chi connectivity index (χ3n) is 5.89. The van der Waals surface area contributed by atoms with Crippen LogP contribution in [0.15, 0.2) is 48.9 Å². The van der Waals surface area contributed by atoms with Crippen LogP contribution in [0.3, 0.4) is 0 Å². The van der Waals surface area contributed by atoms with Crippen LogP contribution in [0.4, 0.5) is 5.69 Å². The number of aromatic nitrogens is 2. The van der Waals surface area contributed by atoms with Gasteiger partial charge in [0.1, 0.15) is 17.9 Å². The molecule has 198 valence electrons. The molecule has 0 aliphatic carbocycles. The highest BCUT2D eigenvalue weighted by Crippen LogP contribution is 2.34. The number of anilines is 1. The summed E-state index contributed by atoms with van der Waals surface area (Å²) in [4.78, 5) is 26.1. The van der Waals surface area contributed by atoms with Gasteiger partial charge in [0.05, 0.1) is 15.3 Å². The molecule has 0 aliphatic heterocycles. The van der Waals surface area contributed by atoms with Crippen LogP contribution in [-0.4, -0.2) is 31.9 Å². The number of allylic oxidation sites excluding steroid dienone is 1. The molecule has 0 unspecified atom stereocenters. The summed E-state index contributed by atoms with van der Waals surface area (Å²) < 4.78 is 7.17. The van der Waals surface area contributed by atoms with Crippen LogP contribution in [0.2, 0.25) is 5.02 Å². The number of benzene rings is 1. The maximum Gasteiger partial charge on any atom is 0.225 e. The molecule has 2 heterocycles. The predicted octanol–water partition coefficient (Wildman–Crippen LogP) is 7.54. The van der Waals surface area contributed by atoms with Gasteiger partial charge in [-0.3, -0.25) is 9.78 Å². The van der Waals surface area contributed by atoms with Gasteiger partial charge in [-0.1, -0.05) is 80.1 Å². The maximum absolute atomic E-state index is 12.9. The SMILES string of the molecule is C/C=C\N(CI)c1cc(C)nc2c(OCc3c(Cl)cncc3CN(CC(C)C)C(=O)C(C)C)cccc12. The zero-order valence-electron chi connectivity index (χ0n) is 22.5. The fraction of sp³-hybridized carbons (Fsp3) is 0.414. The van der Waals surface area contributed by atoms with Crippen LogP contribution in [0.5, 0.6) is 5.75 Å². The lowest BCUT2D eigenvalue weighted by molar-refractivity contribution is -0.135. The molecule has 0 aliphatic rings. The van der Waals surface area contributed by atoms with E-state index in [-0.39, 0.29) is 18.4 Å². The molecule has 3 rings (SSSR count). The van der Waals surface area contributed by atoms with E-state index in [1.165, 1.54) is 0 Å². The molecular weight excluding hydrogens is 599 g/mol. The second-order valence-corrected chi connectivity index (χ2v) is 10.9. The number of aryl methyl sites for hydroxylation is 1. The zero-order valence-corrected chi connectivity index (χ0v) is 25.4. The molecule has 2 aromatic heterocycles. The molecule has 0 bridgehead atoms. The molecule has 1 aromatic carbocycles. The van der Waals surface area contributed by atoms with Crippen molar-refractivity contribution in [3.8, 4) is 5.75 Å². The Bertz CT molecular complexity index is 1260. The van der Waals surface area contributed by atoms with Crippen molar-refractivity contribution in [2.75, 3.05) is 16.0 Å². The highest BCUT2D eigenvalue weighted by molar-refractivity contribution is 14.1. The van der Waals surface area contributed by atoms with E-state index in [0.717, 1.165) is 38.0 Å². The summed E-state index contributed by atoms with van der Waals surface area (Å²) in [5.41, 5.74) is 4.52. The second kappa shape index (κ2) is 13.4. The van der Waals surface area contributed by atoms with Gasteiger partial charge in [0, 0.05) is 54.2 Å². The number of hydrogen-bond donors (Lipinski definition) is 0. The van der Waals surface area contributed by atoms with Crippen LogP contribution >= 0.6 is 34.2 Å². The standard InChI is InChI=1S/C29H36ClIN4O2/c1-7-11-34(18-31)26-12-21(6)33-28-23(26)9-8-10-27(28)37-17-24-22(13-32-14-25(24)30)16-35(15-19(2)3)29(36)20(4)5/h7-14,19-20H,15-18H2,1-6H3/b11-7-. The van der Waals surface area contributed by atoms with Gasteiger partial charge in [-0.2, -0.15) is 0 Å². The first kappa shape index (κ1) is 29.2. The lowest BCUT2D eigenvalue weighted by Gasteiger charge is -2.27. The van der Waals surface area contributed by atoms with Crippen LogP contribution in [0, 0.1) is 18.8 Å². The molecule has 0 spiro atoms. The van der Waals surface area contributed by atoms with E-state index in [2.05, 4.69) is 64.7 Å². The summed E-state index contributed by atoms with van der Waals surface area (Å²) in [6.45, 7) is 13.4. The molecule has 37 heavy (non-hydrogen) atoms. The minimum atomic E-state index is -0.0885. The third kappa shape index (κ3) is 7.35. The average Bonchev–Trinajstić information content (AvgIpc) is 2.85. The summed E-state index contributed by atoms with van der Waals surface area (Å²) in [7, 11) is 0. The van der Waals surface area contributed by atoms with E-state index >= 15 is 0 Å². The Balaban J connectivity index is 1.96. The third-order valence-corrected chi connectivity index (χ3v) is 6.96. The largest absolute Gasteiger partial charge is 0.487 e. The molecule has 0 saturated carbocycles. The van der Waals surface area contributed by atoms with Crippen molar-refractivity contribution in [1.29, 1.82) is 0 Å². The van der Waals surface area contributed by atoms with Crippen LogP contribution in [-0.2, 0) is 17.9 Å². The molecule has 1 amide bonds. The van der Waals surface area contributed by atoms with E-state index in [0.29, 0.717) is 29.8 Å². The number of halogens is 2. The number of rotatable bonds is 11. The molecule has 6 nitrogen and oxygen atoms in total. The lowest BCUT2D eigenvalue weighted by atomic mass is 10.1. The number of carbonyl (C=O) groups excluding carboxylic acids is 1. The summed E-state index contributed by atoms with van der Waals surface area (Å²) in [5, 5.41) is 1.54. The predicted molar refractivity (Wildman–Crippen MR) is 161 cm³/mol. The van der Waals surface area contributed by atoms with Gasteiger partial charge in [0.15, 0.2) is 0 Å². The van der Waals surface area contributed by atoms with Crippen molar-refractivity contribution in [3.63, 3.8) is 0 Å². The Kier molecular flexibility index (Phi) is 10.6. The van der Waals surface area contributed by atoms with Crippen LogP contribution in [0.1, 0.15) is 51.4 Å². The number of amides is 1. The van der Waals surface area contributed by atoms with E-state index in [1.807, 2.05) is 50.8 Å². The lowest BCUT2D eigenvalue weighted by Crippen LogP contribution is -2.36. The van der Waals surface area contributed by atoms with Crippen molar-refractivity contribution in [2.24, 2.45) is 11.8 Å². The molecule has 8 heteroatoms. The average molecular weight is 635 g/mol. The van der Waals surface area contributed by atoms with Gasteiger partial charge in [-0.15, -0.1) is 0 Å². The first-order valence-corrected chi connectivity index (χ1v) is 14.4. The minimum Gasteiger partial charge on any atom is -0.487 e. The number of hydrogen-bond acceptors (Lipinski definition) is 5. The van der Waals surface area contributed by atoms with Gasteiger partial charge in [-0.25, -0.2) is 4.98 Å². The van der Waals surface area contributed by atoms with Gasteiger partial charge < -0.3 is 14.5 Å². The Morgan fingerprint density at radius 3 is 2.62 bits per heavy atom. The topological polar surface area (TPSA) is 58.6 Å². The minimum absolute atomic E-state index is 0.0885. The number of nitrogens with zero attached hydrogens (tertiary/aromatic N) is 4. The van der Waals surface area contributed by atoms with E-state index < -0.39 is 0 Å². The number of ether oxygens (including phenoxy) is 1. The fourth-order valence-electron chi connectivity index (χ4n) is 4.24. The van der Waals surface area contributed by atoms with Crippen LogP contribution < -0.4 is 9.64 Å². The number of para-hydroxylation sites is 1. The first-order valence-electron chi connectivity index (χ1n) is 12.5.